The topological polar surface area (TPSA) is 95.5 Å². The van der Waals surface area contributed by atoms with E-state index in [4.69, 9.17) is 0 Å². The second kappa shape index (κ2) is 5.80. The normalized spacial score (nSPS) is 10.9. The van der Waals surface area contributed by atoms with Gasteiger partial charge in [-0.1, -0.05) is 12.1 Å². The van der Waals surface area contributed by atoms with Gasteiger partial charge in [0, 0.05) is 5.69 Å². The van der Waals surface area contributed by atoms with E-state index in [-0.39, 0.29) is 17.1 Å². The van der Waals surface area contributed by atoms with Gasteiger partial charge >= 0.3 is 16.3 Å². The standard InChI is InChI=1S/C13H11FN2O4S/c14-21(19,20)10-7-5-9(6-8-10)15-13(18)16-11-3-1-2-4-12(11)17/h1-8,17H,(H2,15,16,18). The minimum Gasteiger partial charge on any atom is -0.506 e. The fourth-order valence-corrected chi connectivity index (χ4v) is 2.03. The molecule has 2 aromatic carbocycles. The molecular formula is C13H11FN2O4S. The smallest absolute Gasteiger partial charge is 0.332 e. The summed E-state index contributed by atoms with van der Waals surface area (Å²) in [7, 11) is -4.76. The van der Waals surface area contributed by atoms with E-state index >= 15 is 0 Å². The number of benzene rings is 2. The molecule has 0 aromatic heterocycles. The quantitative estimate of drug-likeness (QED) is 0.600. The number of carbonyl (C=O) groups excluding carboxylic acids is 1. The molecule has 0 aliphatic rings. The first-order chi connectivity index (χ1) is 9.86. The van der Waals surface area contributed by atoms with Crippen LogP contribution >= 0.6 is 0 Å². The van der Waals surface area contributed by atoms with Crippen LogP contribution in [0, 0.1) is 0 Å². The van der Waals surface area contributed by atoms with Crippen molar-refractivity contribution in [1.82, 2.24) is 0 Å². The van der Waals surface area contributed by atoms with E-state index < -0.39 is 21.1 Å². The summed E-state index contributed by atoms with van der Waals surface area (Å²) < 4.78 is 34.0. The number of rotatable bonds is 3. The van der Waals surface area contributed by atoms with E-state index in [1.54, 1.807) is 12.1 Å². The monoisotopic (exact) mass is 310 g/mol. The van der Waals surface area contributed by atoms with Crippen molar-refractivity contribution in [3.05, 3.63) is 48.5 Å². The van der Waals surface area contributed by atoms with Crippen LogP contribution < -0.4 is 10.6 Å². The number of phenols is 1. The Balaban J connectivity index is 2.05. The fourth-order valence-electron chi connectivity index (χ4n) is 1.56. The number of hydrogen-bond acceptors (Lipinski definition) is 4. The third kappa shape index (κ3) is 3.93. The lowest BCUT2D eigenvalue weighted by molar-refractivity contribution is 0.262. The molecule has 0 saturated carbocycles. The Morgan fingerprint density at radius 1 is 1.00 bits per heavy atom. The molecular weight excluding hydrogens is 299 g/mol. The van der Waals surface area contributed by atoms with Crippen molar-refractivity contribution in [2.24, 2.45) is 0 Å². The van der Waals surface area contributed by atoms with Crippen LogP contribution in [0.1, 0.15) is 0 Å². The Hall–Kier alpha value is -2.61. The Morgan fingerprint density at radius 2 is 1.62 bits per heavy atom. The zero-order chi connectivity index (χ0) is 15.5. The summed E-state index contributed by atoms with van der Waals surface area (Å²) in [5.74, 6) is -0.0912. The number of urea groups is 1. The molecule has 0 radical (unpaired) electrons. The van der Waals surface area contributed by atoms with Crippen LogP contribution in [0.5, 0.6) is 5.75 Å². The number of anilines is 2. The van der Waals surface area contributed by atoms with Gasteiger partial charge < -0.3 is 15.7 Å². The van der Waals surface area contributed by atoms with Crippen LogP contribution in [0.15, 0.2) is 53.4 Å². The van der Waals surface area contributed by atoms with Gasteiger partial charge in [0.1, 0.15) is 5.75 Å². The van der Waals surface area contributed by atoms with Gasteiger partial charge in [-0.15, -0.1) is 3.89 Å². The number of para-hydroxylation sites is 2. The number of halogens is 1. The first-order valence-corrected chi connectivity index (χ1v) is 7.15. The maximum Gasteiger partial charge on any atom is 0.332 e. The van der Waals surface area contributed by atoms with Gasteiger partial charge in [-0.2, -0.15) is 8.42 Å². The highest BCUT2D eigenvalue weighted by Crippen LogP contribution is 2.22. The molecule has 21 heavy (non-hydrogen) atoms. The SMILES string of the molecule is O=C(Nc1ccc(S(=O)(=O)F)cc1)Nc1ccccc1O. The molecule has 0 aliphatic heterocycles. The second-order valence-corrected chi connectivity index (χ2v) is 5.41. The summed E-state index contributed by atoms with van der Waals surface area (Å²) in [5, 5.41) is 14.3. The molecule has 0 unspecified atom stereocenters. The van der Waals surface area contributed by atoms with Crippen molar-refractivity contribution in [3.63, 3.8) is 0 Å². The van der Waals surface area contributed by atoms with Gasteiger partial charge in [0.05, 0.1) is 10.6 Å². The Labute approximate surface area is 120 Å². The maximum absolute atomic E-state index is 12.7. The highest BCUT2D eigenvalue weighted by Gasteiger charge is 2.11. The molecule has 2 amide bonds. The minimum atomic E-state index is -4.76. The number of amides is 2. The lowest BCUT2D eigenvalue weighted by atomic mass is 10.3. The van der Waals surface area contributed by atoms with Crippen molar-refractivity contribution in [3.8, 4) is 5.75 Å². The Kier molecular flexibility index (Phi) is 4.08. The van der Waals surface area contributed by atoms with Crippen LogP contribution in [0.3, 0.4) is 0 Å². The van der Waals surface area contributed by atoms with Crippen molar-refractivity contribution in [2.45, 2.75) is 4.90 Å². The summed E-state index contributed by atoms with van der Waals surface area (Å²) in [4.78, 5) is 11.2. The molecule has 0 aliphatic carbocycles. The molecule has 0 saturated heterocycles. The van der Waals surface area contributed by atoms with Gasteiger partial charge in [-0.05, 0) is 36.4 Å². The van der Waals surface area contributed by atoms with Crippen LogP contribution in [-0.4, -0.2) is 19.6 Å². The molecule has 3 N–H and O–H groups in total. The first kappa shape index (κ1) is 14.8. The fraction of sp³-hybridized carbons (Fsp3) is 0. The molecule has 0 atom stereocenters. The summed E-state index contributed by atoms with van der Waals surface area (Å²) in [6.07, 6.45) is 0. The molecule has 0 bridgehead atoms. The molecule has 6 nitrogen and oxygen atoms in total. The third-order valence-corrected chi connectivity index (χ3v) is 3.38. The zero-order valence-electron chi connectivity index (χ0n) is 10.6. The van der Waals surface area contributed by atoms with Crippen LogP contribution in [-0.2, 0) is 10.2 Å². The van der Waals surface area contributed by atoms with E-state index in [0.29, 0.717) is 0 Å². The van der Waals surface area contributed by atoms with E-state index in [1.807, 2.05) is 0 Å². The average Bonchev–Trinajstić information content (AvgIpc) is 2.41. The van der Waals surface area contributed by atoms with E-state index in [1.165, 1.54) is 24.3 Å². The minimum absolute atomic E-state index is 0.0912. The third-order valence-electron chi connectivity index (χ3n) is 2.55. The summed E-state index contributed by atoms with van der Waals surface area (Å²) >= 11 is 0. The van der Waals surface area contributed by atoms with Crippen LogP contribution in [0.25, 0.3) is 0 Å². The molecule has 0 fully saturated rings. The summed E-state index contributed by atoms with van der Waals surface area (Å²) in [5.41, 5.74) is 0.494. The van der Waals surface area contributed by atoms with Crippen molar-refractivity contribution in [1.29, 1.82) is 0 Å². The van der Waals surface area contributed by atoms with E-state index in [2.05, 4.69) is 10.6 Å². The number of hydrogen-bond donors (Lipinski definition) is 3. The average molecular weight is 310 g/mol. The van der Waals surface area contributed by atoms with Crippen molar-refractivity contribution < 1.29 is 22.2 Å². The van der Waals surface area contributed by atoms with Gasteiger partial charge in [-0.25, -0.2) is 4.79 Å². The number of phenolic OH excluding ortho intramolecular Hbond substituents is 1. The number of aromatic hydroxyl groups is 1. The first-order valence-electron chi connectivity index (χ1n) is 5.77. The Bertz CT molecular complexity index is 760. The Morgan fingerprint density at radius 3 is 2.19 bits per heavy atom. The van der Waals surface area contributed by atoms with Crippen molar-refractivity contribution >= 4 is 27.6 Å². The van der Waals surface area contributed by atoms with Gasteiger partial charge in [0.25, 0.3) is 0 Å². The van der Waals surface area contributed by atoms with E-state index in [0.717, 1.165) is 12.1 Å². The van der Waals surface area contributed by atoms with Crippen LogP contribution in [0.4, 0.5) is 20.1 Å². The molecule has 2 rings (SSSR count). The predicted molar refractivity (Wildman–Crippen MR) is 75.5 cm³/mol. The van der Waals surface area contributed by atoms with E-state index in [9.17, 15) is 22.2 Å². The molecule has 110 valence electrons. The summed E-state index contributed by atoms with van der Waals surface area (Å²) in [6, 6.07) is 10.1. The molecule has 0 spiro atoms. The second-order valence-electron chi connectivity index (χ2n) is 4.06. The molecule has 0 heterocycles. The van der Waals surface area contributed by atoms with Gasteiger partial charge in [0.15, 0.2) is 0 Å². The summed E-state index contributed by atoms with van der Waals surface area (Å²) in [6.45, 7) is 0. The number of nitrogens with one attached hydrogen (secondary N) is 2. The van der Waals surface area contributed by atoms with Gasteiger partial charge in [0.2, 0.25) is 0 Å². The van der Waals surface area contributed by atoms with Gasteiger partial charge in [-0.3, -0.25) is 0 Å². The largest absolute Gasteiger partial charge is 0.506 e. The highest BCUT2D eigenvalue weighted by molar-refractivity contribution is 7.86. The maximum atomic E-state index is 12.7. The molecule has 2 aromatic rings. The highest BCUT2D eigenvalue weighted by atomic mass is 32.3. The molecule has 8 heteroatoms. The predicted octanol–water partition coefficient (Wildman–Crippen LogP) is 2.69. The lowest BCUT2D eigenvalue weighted by Crippen LogP contribution is -2.19. The lowest BCUT2D eigenvalue weighted by Gasteiger charge is -2.09. The van der Waals surface area contributed by atoms with Crippen LogP contribution in [0.2, 0.25) is 0 Å². The number of carbonyl (C=O) groups is 1. The van der Waals surface area contributed by atoms with Crippen molar-refractivity contribution in [2.75, 3.05) is 10.6 Å². The zero-order valence-corrected chi connectivity index (χ0v) is 11.4.